The molecule has 0 unspecified atom stereocenters. The van der Waals surface area contributed by atoms with Gasteiger partial charge in [-0.3, -0.25) is 9.69 Å². The average Bonchev–Trinajstić information content (AvgIpc) is 3.13. The lowest BCUT2D eigenvalue weighted by atomic mass is 10.0. The number of morpholine rings is 1. The minimum absolute atomic E-state index is 0.147. The fraction of sp³-hybridized carbons (Fsp3) is 0.474. The number of rotatable bonds is 6. The van der Waals surface area contributed by atoms with Crippen molar-refractivity contribution in [3.63, 3.8) is 0 Å². The van der Waals surface area contributed by atoms with Crippen LogP contribution in [0.4, 0.5) is 4.39 Å². The molecule has 1 fully saturated rings. The number of carbonyl (C=O) groups excluding carboxylic acids is 1. The van der Waals surface area contributed by atoms with Crippen molar-refractivity contribution in [1.29, 1.82) is 0 Å². The van der Waals surface area contributed by atoms with Gasteiger partial charge in [0.05, 0.1) is 13.2 Å². The van der Waals surface area contributed by atoms with E-state index in [2.05, 4.69) is 29.2 Å². The van der Waals surface area contributed by atoms with E-state index in [4.69, 9.17) is 9.26 Å². The first-order valence-electron chi connectivity index (χ1n) is 8.87. The Bertz CT molecular complexity index is 724. The molecule has 0 spiro atoms. The van der Waals surface area contributed by atoms with E-state index in [1.165, 1.54) is 12.1 Å². The average molecular weight is 361 g/mol. The van der Waals surface area contributed by atoms with Gasteiger partial charge in [0.25, 0.3) is 5.91 Å². The van der Waals surface area contributed by atoms with Gasteiger partial charge in [-0.05, 0) is 30.2 Å². The number of nitrogens with zero attached hydrogens (tertiary/aromatic N) is 2. The van der Waals surface area contributed by atoms with E-state index in [1.54, 1.807) is 18.2 Å². The third-order valence-corrected chi connectivity index (χ3v) is 4.63. The second kappa shape index (κ2) is 8.42. The maximum absolute atomic E-state index is 13.0. The molecule has 6 nitrogen and oxygen atoms in total. The van der Waals surface area contributed by atoms with E-state index in [0.29, 0.717) is 23.7 Å². The number of hydrogen-bond acceptors (Lipinski definition) is 5. The lowest BCUT2D eigenvalue weighted by Gasteiger charge is -2.36. The maximum Gasteiger partial charge on any atom is 0.289 e. The number of halogens is 1. The molecule has 1 atom stereocenters. The number of benzene rings is 1. The Labute approximate surface area is 152 Å². The molecule has 1 aromatic heterocycles. The van der Waals surface area contributed by atoms with Crippen LogP contribution < -0.4 is 5.32 Å². The summed E-state index contributed by atoms with van der Waals surface area (Å²) in [6.45, 7) is 8.01. The zero-order valence-corrected chi connectivity index (χ0v) is 15.1. The Morgan fingerprint density at radius 3 is 2.62 bits per heavy atom. The van der Waals surface area contributed by atoms with Crippen molar-refractivity contribution in [2.75, 3.05) is 32.8 Å². The first kappa shape index (κ1) is 18.5. The minimum atomic E-state index is -0.321. The highest BCUT2D eigenvalue weighted by molar-refractivity contribution is 5.92. The topological polar surface area (TPSA) is 67.6 Å². The van der Waals surface area contributed by atoms with Gasteiger partial charge in [-0.15, -0.1) is 0 Å². The van der Waals surface area contributed by atoms with Crippen molar-refractivity contribution in [2.24, 2.45) is 5.92 Å². The zero-order valence-electron chi connectivity index (χ0n) is 15.1. The van der Waals surface area contributed by atoms with Crippen LogP contribution in [0, 0.1) is 11.7 Å². The lowest BCUT2D eigenvalue weighted by molar-refractivity contribution is 0.00664. The molecule has 0 radical (unpaired) electrons. The minimum Gasteiger partial charge on any atom is -0.379 e. The van der Waals surface area contributed by atoms with E-state index in [9.17, 15) is 9.18 Å². The second-order valence-corrected chi connectivity index (χ2v) is 6.75. The summed E-state index contributed by atoms with van der Waals surface area (Å²) in [5, 5.41) is 6.84. The van der Waals surface area contributed by atoms with Gasteiger partial charge in [-0.1, -0.05) is 19.0 Å². The number of nitrogens with one attached hydrogen (secondary N) is 1. The molecule has 7 heteroatoms. The Hall–Kier alpha value is -2.25. The Morgan fingerprint density at radius 1 is 1.27 bits per heavy atom. The van der Waals surface area contributed by atoms with Crippen LogP contribution in [-0.4, -0.2) is 54.9 Å². The number of carbonyl (C=O) groups is 1. The summed E-state index contributed by atoms with van der Waals surface area (Å²) in [7, 11) is 0. The van der Waals surface area contributed by atoms with Crippen LogP contribution in [0.15, 0.2) is 34.9 Å². The summed E-state index contributed by atoms with van der Waals surface area (Å²) < 4.78 is 23.6. The normalized spacial score (nSPS) is 16.6. The molecule has 0 bridgehead atoms. The largest absolute Gasteiger partial charge is 0.379 e. The predicted octanol–water partition coefficient (Wildman–Crippen LogP) is 2.57. The first-order chi connectivity index (χ1) is 12.5. The third-order valence-electron chi connectivity index (χ3n) is 4.63. The van der Waals surface area contributed by atoms with Gasteiger partial charge in [0.15, 0.2) is 0 Å². The van der Waals surface area contributed by atoms with E-state index >= 15 is 0 Å². The van der Waals surface area contributed by atoms with Gasteiger partial charge >= 0.3 is 0 Å². The molecule has 1 aromatic carbocycles. The van der Waals surface area contributed by atoms with E-state index < -0.39 is 0 Å². The molecule has 1 N–H and O–H groups in total. The molecular formula is C19H24FN3O3. The molecule has 0 aliphatic carbocycles. The van der Waals surface area contributed by atoms with Gasteiger partial charge in [0.2, 0.25) is 5.76 Å². The highest BCUT2D eigenvalue weighted by atomic mass is 19.1. The van der Waals surface area contributed by atoms with E-state index in [1.807, 2.05) is 0 Å². The lowest BCUT2D eigenvalue weighted by Crippen LogP contribution is -2.51. The Kier molecular flexibility index (Phi) is 6.00. The van der Waals surface area contributed by atoms with Crippen LogP contribution in [0.3, 0.4) is 0 Å². The van der Waals surface area contributed by atoms with Crippen molar-refractivity contribution in [2.45, 2.75) is 19.9 Å². The molecular weight excluding hydrogens is 337 g/mol. The van der Waals surface area contributed by atoms with Gasteiger partial charge in [0, 0.05) is 37.3 Å². The number of ether oxygens (including phenoxy) is 1. The molecule has 140 valence electrons. The summed E-state index contributed by atoms with van der Waals surface area (Å²) in [5.74, 6) is -0.0745. The highest BCUT2D eigenvalue weighted by Gasteiger charge is 2.25. The summed E-state index contributed by atoms with van der Waals surface area (Å²) in [6, 6.07) is 7.70. The Balaban J connectivity index is 1.61. The smallest absolute Gasteiger partial charge is 0.289 e. The van der Waals surface area contributed by atoms with E-state index in [-0.39, 0.29) is 23.5 Å². The zero-order chi connectivity index (χ0) is 18.5. The fourth-order valence-corrected chi connectivity index (χ4v) is 3.12. The highest BCUT2D eigenvalue weighted by Crippen LogP contribution is 2.19. The van der Waals surface area contributed by atoms with Crippen LogP contribution in [0.2, 0.25) is 0 Å². The summed E-state index contributed by atoms with van der Waals surface area (Å²) in [6.07, 6.45) is 0. The summed E-state index contributed by atoms with van der Waals surface area (Å²) in [5.41, 5.74) is 1.20. The molecule has 1 saturated heterocycles. The van der Waals surface area contributed by atoms with Crippen LogP contribution >= 0.6 is 0 Å². The van der Waals surface area contributed by atoms with Crippen LogP contribution in [0.1, 0.15) is 24.4 Å². The summed E-state index contributed by atoms with van der Waals surface area (Å²) in [4.78, 5) is 14.8. The molecule has 2 heterocycles. The molecule has 1 amide bonds. The second-order valence-electron chi connectivity index (χ2n) is 6.75. The predicted molar refractivity (Wildman–Crippen MR) is 95.2 cm³/mol. The fourth-order valence-electron chi connectivity index (χ4n) is 3.12. The van der Waals surface area contributed by atoms with Crippen molar-refractivity contribution >= 4 is 5.91 Å². The van der Waals surface area contributed by atoms with Gasteiger partial charge in [0.1, 0.15) is 11.5 Å². The van der Waals surface area contributed by atoms with Crippen molar-refractivity contribution in [3.05, 3.63) is 41.9 Å². The first-order valence-corrected chi connectivity index (χ1v) is 8.87. The number of hydrogen-bond donors (Lipinski definition) is 1. The monoisotopic (exact) mass is 361 g/mol. The van der Waals surface area contributed by atoms with Crippen molar-refractivity contribution in [1.82, 2.24) is 15.4 Å². The standard InChI is InChI=1S/C19H24FN3O3/c1-13(2)17(23-7-9-25-10-8-23)12-21-19(24)18-11-16(22-26-18)14-3-5-15(20)6-4-14/h3-6,11,13,17H,7-10,12H2,1-2H3,(H,21,24)/t17-/m0/s1. The molecule has 1 aliphatic heterocycles. The van der Waals surface area contributed by atoms with Crippen LogP contribution in [0.25, 0.3) is 11.3 Å². The number of amides is 1. The third kappa shape index (κ3) is 4.47. The van der Waals surface area contributed by atoms with Gasteiger partial charge in [-0.2, -0.15) is 0 Å². The molecule has 2 aromatic rings. The molecule has 0 saturated carbocycles. The summed E-state index contributed by atoms with van der Waals surface area (Å²) >= 11 is 0. The Morgan fingerprint density at radius 2 is 1.96 bits per heavy atom. The molecule has 26 heavy (non-hydrogen) atoms. The van der Waals surface area contributed by atoms with Crippen molar-refractivity contribution < 1.29 is 18.4 Å². The van der Waals surface area contributed by atoms with Crippen LogP contribution in [-0.2, 0) is 4.74 Å². The molecule has 3 rings (SSSR count). The molecule has 1 aliphatic rings. The SMILES string of the molecule is CC(C)[C@H](CNC(=O)c1cc(-c2ccc(F)cc2)no1)N1CCOCC1. The van der Waals surface area contributed by atoms with Crippen molar-refractivity contribution in [3.8, 4) is 11.3 Å². The van der Waals surface area contributed by atoms with E-state index in [0.717, 1.165) is 26.3 Å². The van der Waals surface area contributed by atoms with Gasteiger partial charge in [-0.25, -0.2) is 4.39 Å². The maximum atomic E-state index is 13.0. The quantitative estimate of drug-likeness (QED) is 0.857. The van der Waals surface area contributed by atoms with Crippen LogP contribution in [0.5, 0.6) is 0 Å². The van der Waals surface area contributed by atoms with Gasteiger partial charge < -0.3 is 14.6 Å². The number of aromatic nitrogens is 1.